The van der Waals surface area contributed by atoms with Gasteiger partial charge in [-0.2, -0.15) is 0 Å². The third kappa shape index (κ3) is 0.914. The maximum atomic E-state index is 5.76. The summed E-state index contributed by atoms with van der Waals surface area (Å²) in [6, 6.07) is 1.87. The minimum absolute atomic E-state index is 0.692. The Morgan fingerprint density at radius 3 is 3.08 bits per heavy atom. The average molecular weight is 226 g/mol. The first-order valence-corrected chi connectivity index (χ1v) is 4.37. The second kappa shape index (κ2) is 2.48. The standard InChI is InChI=1S/C8H8BrN3/c1-5-6(9)4-7(10)8-11-2-3-12(5)8/h2-4H,10H2,1H3. The van der Waals surface area contributed by atoms with Gasteiger partial charge >= 0.3 is 0 Å². The second-order valence-electron chi connectivity index (χ2n) is 2.65. The number of imidazole rings is 1. The van der Waals surface area contributed by atoms with E-state index < -0.39 is 0 Å². The summed E-state index contributed by atoms with van der Waals surface area (Å²) in [6.07, 6.45) is 3.64. The van der Waals surface area contributed by atoms with Crippen LogP contribution in [0.15, 0.2) is 22.9 Å². The quantitative estimate of drug-likeness (QED) is 0.746. The zero-order valence-corrected chi connectivity index (χ0v) is 8.17. The van der Waals surface area contributed by atoms with E-state index in [4.69, 9.17) is 5.73 Å². The highest BCUT2D eigenvalue weighted by Gasteiger charge is 2.04. The summed E-state index contributed by atoms with van der Waals surface area (Å²) in [5.74, 6) is 0. The monoisotopic (exact) mass is 225 g/mol. The van der Waals surface area contributed by atoms with Crippen molar-refractivity contribution in [3.8, 4) is 0 Å². The Bertz CT molecular complexity index is 433. The number of nitrogens with two attached hydrogens (primary N) is 1. The normalized spacial score (nSPS) is 10.8. The van der Waals surface area contributed by atoms with Crippen molar-refractivity contribution in [1.29, 1.82) is 0 Å². The van der Waals surface area contributed by atoms with Crippen LogP contribution in [0.3, 0.4) is 0 Å². The first-order valence-electron chi connectivity index (χ1n) is 3.58. The number of halogens is 1. The van der Waals surface area contributed by atoms with Gasteiger partial charge < -0.3 is 10.1 Å². The Labute approximate surface area is 78.3 Å². The highest BCUT2D eigenvalue weighted by molar-refractivity contribution is 9.10. The number of aromatic nitrogens is 2. The number of aryl methyl sites for hydroxylation is 1. The zero-order valence-electron chi connectivity index (χ0n) is 6.58. The van der Waals surface area contributed by atoms with Gasteiger partial charge in [-0.1, -0.05) is 0 Å². The van der Waals surface area contributed by atoms with Gasteiger partial charge in [-0.05, 0) is 28.9 Å². The first kappa shape index (κ1) is 7.61. The maximum Gasteiger partial charge on any atom is 0.160 e. The third-order valence-corrected chi connectivity index (χ3v) is 2.69. The fourth-order valence-corrected chi connectivity index (χ4v) is 1.65. The van der Waals surface area contributed by atoms with E-state index in [1.165, 1.54) is 0 Å². The van der Waals surface area contributed by atoms with Crippen LogP contribution in [0.5, 0.6) is 0 Å². The van der Waals surface area contributed by atoms with E-state index in [2.05, 4.69) is 20.9 Å². The van der Waals surface area contributed by atoms with E-state index in [0.29, 0.717) is 5.69 Å². The van der Waals surface area contributed by atoms with Crippen LogP contribution in [0.25, 0.3) is 5.65 Å². The van der Waals surface area contributed by atoms with E-state index in [-0.39, 0.29) is 0 Å². The lowest BCUT2D eigenvalue weighted by molar-refractivity contribution is 1.08. The van der Waals surface area contributed by atoms with E-state index in [0.717, 1.165) is 15.8 Å². The predicted octanol–water partition coefficient (Wildman–Crippen LogP) is 1.99. The summed E-state index contributed by atoms with van der Waals surface area (Å²) in [7, 11) is 0. The van der Waals surface area contributed by atoms with Crippen LogP contribution in [0, 0.1) is 6.92 Å². The summed E-state index contributed by atoms with van der Waals surface area (Å²) < 4.78 is 2.96. The Morgan fingerprint density at radius 1 is 1.58 bits per heavy atom. The van der Waals surface area contributed by atoms with Crippen molar-refractivity contribution in [2.45, 2.75) is 6.92 Å². The van der Waals surface area contributed by atoms with Crippen LogP contribution < -0.4 is 5.73 Å². The van der Waals surface area contributed by atoms with Gasteiger partial charge in [0.2, 0.25) is 0 Å². The molecule has 0 spiro atoms. The highest BCUT2D eigenvalue weighted by atomic mass is 79.9. The summed E-state index contributed by atoms with van der Waals surface area (Å²) in [4.78, 5) is 4.14. The highest BCUT2D eigenvalue weighted by Crippen LogP contribution is 2.22. The number of nitrogens with zero attached hydrogens (tertiary/aromatic N) is 2. The topological polar surface area (TPSA) is 43.3 Å². The van der Waals surface area contributed by atoms with Gasteiger partial charge in [-0.25, -0.2) is 4.98 Å². The molecule has 0 bridgehead atoms. The van der Waals surface area contributed by atoms with Gasteiger partial charge in [0.25, 0.3) is 0 Å². The van der Waals surface area contributed by atoms with Crippen LogP contribution in [-0.2, 0) is 0 Å². The number of nitrogen functional groups attached to an aromatic ring is 1. The van der Waals surface area contributed by atoms with Crippen LogP contribution in [0.2, 0.25) is 0 Å². The van der Waals surface area contributed by atoms with E-state index in [1.807, 2.05) is 23.6 Å². The van der Waals surface area contributed by atoms with E-state index >= 15 is 0 Å². The summed E-state index contributed by atoms with van der Waals surface area (Å²) in [5.41, 5.74) is 8.37. The Morgan fingerprint density at radius 2 is 2.33 bits per heavy atom. The van der Waals surface area contributed by atoms with Gasteiger partial charge in [0.15, 0.2) is 5.65 Å². The first-order chi connectivity index (χ1) is 5.70. The van der Waals surface area contributed by atoms with Gasteiger partial charge in [0.1, 0.15) is 0 Å². The molecule has 62 valence electrons. The predicted molar refractivity (Wildman–Crippen MR) is 52.0 cm³/mol. The molecule has 3 nitrogen and oxygen atoms in total. The average Bonchev–Trinajstić information content (AvgIpc) is 2.48. The molecule has 0 radical (unpaired) electrons. The minimum Gasteiger partial charge on any atom is -0.396 e. The lowest BCUT2D eigenvalue weighted by Gasteiger charge is -2.04. The molecule has 0 aliphatic heterocycles. The molecule has 0 aliphatic carbocycles. The number of fused-ring (bicyclic) bond motifs is 1. The number of hydrogen-bond acceptors (Lipinski definition) is 2. The van der Waals surface area contributed by atoms with Crippen LogP contribution in [0.4, 0.5) is 5.69 Å². The Hall–Kier alpha value is -1.03. The van der Waals surface area contributed by atoms with Crippen molar-refractivity contribution in [3.05, 3.63) is 28.6 Å². The molecule has 2 rings (SSSR count). The molecule has 0 unspecified atom stereocenters. The second-order valence-corrected chi connectivity index (χ2v) is 3.51. The largest absolute Gasteiger partial charge is 0.396 e. The van der Waals surface area contributed by atoms with Gasteiger partial charge in [0.05, 0.1) is 5.69 Å². The SMILES string of the molecule is Cc1c(Br)cc(N)c2nccn12. The number of hydrogen-bond donors (Lipinski definition) is 1. The smallest absolute Gasteiger partial charge is 0.160 e. The van der Waals surface area contributed by atoms with E-state index in [1.54, 1.807) is 6.20 Å². The molecule has 4 heteroatoms. The maximum absolute atomic E-state index is 5.76. The van der Waals surface area contributed by atoms with E-state index in [9.17, 15) is 0 Å². The third-order valence-electron chi connectivity index (χ3n) is 1.89. The number of rotatable bonds is 0. The zero-order chi connectivity index (χ0) is 8.72. The molecular weight excluding hydrogens is 218 g/mol. The number of anilines is 1. The van der Waals surface area contributed by atoms with Crippen molar-refractivity contribution in [1.82, 2.24) is 9.38 Å². The summed E-state index contributed by atoms with van der Waals surface area (Å²) >= 11 is 3.42. The fraction of sp³-hybridized carbons (Fsp3) is 0.125. The van der Waals surface area contributed by atoms with Crippen molar-refractivity contribution in [3.63, 3.8) is 0 Å². The minimum atomic E-state index is 0.692. The summed E-state index contributed by atoms with van der Waals surface area (Å²) in [5, 5.41) is 0. The van der Waals surface area contributed by atoms with Crippen LogP contribution >= 0.6 is 15.9 Å². The molecule has 0 amide bonds. The molecule has 2 heterocycles. The molecule has 2 aromatic heterocycles. The van der Waals surface area contributed by atoms with Crippen molar-refractivity contribution < 1.29 is 0 Å². The Kier molecular flexibility index (Phi) is 1.58. The van der Waals surface area contributed by atoms with Crippen LogP contribution in [-0.4, -0.2) is 9.38 Å². The molecule has 0 saturated heterocycles. The van der Waals surface area contributed by atoms with Crippen molar-refractivity contribution in [2.75, 3.05) is 5.73 Å². The van der Waals surface area contributed by atoms with Crippen molar-refractivity contribution in [2.24, 2.45) is 0 Å². The lowest BCUT2D eigenvalue weighted by Crippen LogP contribution is -1.96. The molecule has 0 atom stereocenters. The summed E-state index contributed by atoms with van der Waals surface area (Å²) in [6.45, 7) is 2.01. The molecule has 0 aliphatic rings. The molecule has 0 saturated carbocycles. The van der Waals surface area contributed by atoms with Crippen molar-refractivity contribution >= 4 is 27.3 Å². The lowest BCUT2D eigenvalue weighted by atomic mass is 10.3. The van der Waals surface area contributed by atoms with Gasteiger partial charge in [-0.3, -0.25) is 0 Å². The molecule has 12 heavy (non-hydrogen) atoms. The molecular formula is C8H8BrN3. The Balaban J connectivity index is 2.97. The molecule has 0 fully saturated rings. The fourth-order valence-electron chi connectivity index (χ4n) is 1.21. The molecule has 2 aromatic rings. The molecule has 2 N–H and O–H groups in total. The van der Waals surface area contributed by atoms with Crippen LogP contribution in [0.1, 0.15) is 5.69 Å². The van der Waals surface area contributed by atoms with Gasteiger partial charge in [0, 0.05) is 22.6 Å². The van der Waals surface area contributed by atoms with Gasteiger partial charge in [-0.15, -0.1) is 0 Å². The molecule has 0 aromatic carbocycles. The number of pyridine rings is 1.